The van der Waals surface area contributed by atoms with E-state index < -0.39 is 0 Å². The fraction of sp³-hybridized carbons (Fsp3) is 0.700. The van der Waals surface area contributed by atoms with E-state index in [0.29, 0.717) is 5.92 Å². The third kappa shape index (κ3) is 3.52. The number of hydrogen-bond donors (Lipinski definition) is 1. The molecular formula is C10H19N5O. The molecule has 1 aromatic rings. The van der Waals surface area contributed by atoms with Crippen LogP contribution in [0.2, 0.25) is 0 Å². The Hall–Kier alpha value is -1.59. The van der Waals surface area contributed by atoms with Crippen molar-refractivity contribution in [1.82, 2.24) is 19.7 Å². The van der Waals surface area contributed by atoms with Gasteiger partial charge in [-0.2, -0.15) is 0 Å². The summed E-state index contributed by atoms with van der Waals surface area (Å²) in [5, 5.41) is 3.87. The fourth-order valence-corrected chi connectivity index (χ4v) is 1.34. The minimum absolute atomic E-state index is 0.0187. The summed E-state index contributed by atoms with van der Waals surface area (Å²) in [6.07, 6.45) is 2.53. The topological polar surface area (TPSA) is 77.0 Å². The number of rotatable bonds is 5. The first-order chi connectivity index (χ1) is 7.52. The lowest BCUT2D eigenvalue weighted by molar-refractivity contribution is -0.131. The standard InChI is InChI=1S/C10H19N5O/c1-4-8(2)5-14(3)9(16)6-15-7-12-10(11)13-15/h7-8H,4-6H2,1-3H3,(H2,11,13). The molecule has 0 radical (unpaired) electrons. The third-order valence-corrected chi connectivity index (χ3v) is 2.56. The summed E-state index contributed by atoms with van der Waals surface area (Å²) in [5.41, 5.74) is 5.36. The zero-order valence-corrected chi connectivity index (χ0v) is 10.1. The van der Waals surface area contributed by atoms with Crippen LogP contribution >= 0.6 is 0 Å². The Morgan fingerprint density at radius 3 is 2.88 bits per heavy atom. The average Bonchev–Trinajstić information content (AvgIpc) is 2.63. The van der Waals surface area contributed by atoms with Gasteiger partial charge in [-0.3, -0.25) is 4.79 Å². The molecule has 1 amide bonds. The van der Waals surface area contributed by atoms with Crippen molar-refractivity contribution in [1.29, 1.82) is 0 Å². The van der Waals surface area contributed by atoms with Crippen molar-refractivity contribution in [3.05, 3.63) is 6.33 Å². The number of hydrogen-bond acceptors (Lipinski definition) is 4. The van der Waals surface area contributed by atoms with Gasteiger partial charge in [-0.15, -0.1) is 5.10 Å². The molecule has 1 atom stereocenters. The van der Waals surface area contributed by atoms with Gasteiger partial charge in [0.2, 0.25) is 11.9 Å². The van der Waals surface area contributed by atoms with E-state index in [9.17, 15) is 4.79 Å². The largest absolute Gasteiger partial charge is 0.367 e. The highest BCUT2D eigenvalue weighted by molar-refractivity contribution is 5.75. The molecule has 0 aromatic carbocycles. The van der Waals surface area contributed by atoms with Crippen LogP contribution in [0, 0.1) is 5.92 Å². The Labute approximate surface area is 95.4 Å². The molecule has 0 saturated carbocycles. The number of nitrogen functional groups attached to an aromatic ring is 1. The molecular weight excluding hydrogens is 206 g/mol. The molecule has 1 unspecified atom stereocenters. The first-order valence-electron chi connectivity index (χ1n) is 5.41. The van der Waals surface area contributed by atoms with E-state index in [2.05, 4.69) is 23.9 Å². The summed E-state index contributed by atoms with van der Waals surface area (Å²) in [4.78, 5) is 17.2. The van der Waals surface area contributed by atoms with E-state index in [0.717, 1.165) is 13.0 Å². The number of likely N-dealkylation sites (N-methyl/N-ethyl adjacent to an activating group) is 1. The molecule has 6 nitrogen and oxygen atoms in total. The summed E-state index contributed by atoms with van der Waals surface area (Å²) in [6.45, 7) is 5.19. The Bertz CT molecular complexity index is 349. The highest BCUT2D eigenvalue weighted by atomic mass is 16.2. The van der Waals surface area contributed by atoms with Crippen LogP contribution in [0.5, 0.6) is 0 Å². The van der Waals surface area contributed by atoms with Crippen molar-refractivity contribution in [3.8, 4) is 0 Å². The molecule has 6 heteroatoms. The van der Waals surface area contributed by atoms with Crippen LogP contribution in [0.4, 0.5) is 5.95 Å². The minimum atomic E-state index is 0.0187. The van der Waals surface area contributed by atoms with E-state index >= 15 is 0 Å². The number of anilines is 1. The van der Waals surface area contributed by atoms with Crippen molar-refractivity contribution < 1.29 is 4.79 Å². The average molecular weight is 225 g/mol. The Kier molecular flexibility index (Phi) is 4.28. The maximum Gasteiger partial charge on any atom is 0.244 e. The molecule has 0 saturated heterocycles. The zero-order chi connectivity index (χ0) is 12.1. The Morgan fingerprint density at radius 1 is 1.69 bits per heavy atom. The number of carbonyl (C=O) groups excluding carboxylic acids is 1. The molecule has 1 heterocycles. The fourth-order valence-electron chi connectivity index (χ4n) is 1.34. The van der Waals surface area contributed by atoms with E-state index in [1.807, 2.05) is 0 Å². The molecule has 1 aromatic heterocycles. The van der Waals surface area contributed by atoms with Crippen LogP contribution in [0.15, 0.2) is 6.33 Å². The predicted octanol–water partition coefficient (Wildman–Crippen LogP) is 0.365. The molecule has 0 aliphatic heterocycles. The van der Waals surface area contributed by atoms with Gasteiger partial charge in [0, 0.05) is 13.6 Å². The maximum absolute atomic E-state index is 11.8. The molecule has 0 aliphatic carbocycles. The first-order valence-corrected chi connectivity index (χ1v) is 5.41. The number of aromatic nitrogens is 3. The first kappa shape index (κ1) is 12.5. The van der Waals surface area contributed by atoms with Gasteiger partial charge in [0.1, 0.15) is 12.9 Å². The van der Waals surface area contributed by atoms with Gasteiger partial charge in [-0.25, -0.2) is 9.67 Å². The molecule has 0 bridgehead atoms. The van der Waals surface area contributed by atoms with Crippen molar-refractivity contribution in [2.75, 3.05) is 19.3 Å². The second-order valence-corrected chi connectivity index (χ2v) is 4.09. The van der Waals surface area contributed by atoms with Crippen LogP contribution in [0.1, 0.15) is 20.3 Å². The van der Waals surface area contributed by atoms with Gasteiger partial charge in [0.25, 0.3) is 0 Å². The summed E-state index contributed by atoms with van der Waals surface area (Å²) in [5.74, 6) is 0.720. The van der Waals surface area contributed by atoms with Gasteiger partial charge >= 0.3 is 0 Å². The smallest absolute Gasteiger partial charge is 0.244 e. The van der Waals surface area contributed by atoms with Crippen LogP contribution in [-0.2, 0) is 11.3 Å². The van der Waals surface area contributed by atoms with E-state index in [4.69, 9.17) is 5.73 Å². The lowest BCUT2D eigenvalue weighted by Gasteiger charge is -2.20. The number of amides is 1. The summed E-state index contributed by atoms with van der Waals surface area (Å²) >= 11 is 0. The number of nitrogens with two attached hydrogens (primary N) is 1. The van der Waals surface area contributed by atoms with E-state index in [1.54, 1.807) is 11.9 Å². The maximum atomic E-state index is 11.8. The summed E-state index contributed by atoms with van der Waals surface area (Å²) in [6, 6.07) is 0. The quantitative estimate of drug-likeness (QED) is 0.785. The van der Waals surface area contributed by atoms with Gasteiger partial charge < -0.3 is 10.6 Å². The molecule has 0 aliphatic rings. The lowest BCUT2D eigenvalue weighted by atomic mass is 10.1. The zero-order valence-electron chi connectivity index (χ0n) is 10.1. The molecule has 90 valence electrons. The predicted molar refractivity (Wildman–Crippen MR) is 61.5 cm³/mol. The van der Waals surface area contributed by atoms with Crippen LogP contribution in [0.3, 0.4) is 0 Å². The Morgan fingerprint density at radius 2 is 2.38 bits per heavy atom. The van der Waals surface area contributed by atoms with Gasteiger partial charge in [0.15, 0.2) is 0 Å². The van der Waals surface area contributed by atoms with Gasteiger partial charge in [0.05, 0.1) is 0 Å². The van der Waals surface area contributed by atoms with Gasteiger partial charge in [-0.05, 0) is 5.92 Å². The van der Waals surface area contributed by atoms with Crippen LogP contribution in [0.25, 0.3) is 0 Å². The molecule has 16 heavy (non-hydrogen) atoms. The van der Waals surface area contributed by atoms with Crippen molar-refractivity contribution in [2.24, 2.45) is 5.92 Å². The van der Waals surface area contributed by atoms with Crippen LogP contribution < -0.4 is 5.73 Å². The molecule has 0 fully saturated rings. The van der Waals surface area contributed by atoms with E-state index in [-0.39, 0.29) is 18.4 Å². The van der Waals surface area contributed by atoms with E-state index in [1.165, 1.54) is 11.0 Å². The monoisotopic (exact) mass is 225 g/mol. The Balaban J connectivity index is 2.45. The van der Waals surface area contributed by atoms with Crippen molar-refractivity contribution in [2.45, 2.75) is 26.8 Å². The number of carbonyl (C=O) groups is 1. The third-order valence-electron chi connectivity index (χ3n) is 2.56. The molecule has 2 N–H and O–H groups in total. The highest BCUT2D eigenvalue weighted by Gasteiger charge is 2.12. The minimum Gasteiger partial charge on any atom is -0.367 e. The van der Waals surface area contributed by atoms with Crippen molar-refractivity contribution >= 4 is 11.9 Å². The molecule has 1 rings (SSSR count). The summed E-state index contributed by atoms with van der Waals surface area (Å²) in [7, 11) is 1.80. The van der Waals surface area contributed by atoms with Crippen molar-refractivity contribution in [3.63, 3.8) is 0 Å². The number of nitrogens with zero attached hydrogens (tertiary/aromatic N) is 4. The molecule has 0 spiro atoms. The summed E-state index contributed by atoms with van der Waals surface area (Å²) < 4.78 is 1.45. The van der Waals surface area contributed by atoms with Crippen LogP contribution in [-0.4, -0.2) is 39.2 Å². The SMILES string of the molecule is CCC(C)CN(C)C(=O)Cn1cnc(N)n1. The second kappa shape index (κ2) is 5.48. The highest BCUT2D eigenvalue weighted by Crippen LogP contribution is 2.03. The normalized spacial score (nSPS) is 12.4. The van der Waals surface area contributed by atoms with Gasteiger partial charge in [-0.1, -0.05) is 20.3 Å². The lowest BCUT2D eigenvalue weighted by Crippen LogP contribution is -2.33. The second-order valence-electron chi connectivity index (χ2n) is 4.09.